The predicted octanol–water partition coefficient (Wildman–Crippen LogP) is 6.15. The first-order chi connectivity index (χ1) is 11.3. The van der Waals surface area contributed by atoms with Gasteiger partial charge >= 0.3 is 0 Å². The quantitative estimate of drug-likeness (QED) is 0.492. The first kappa shape index (κ1) is 19.1. The van der Waals surface area contributed by atoms with Crippen LogP contribution in [0.1, 0.15) is 13.8 Å². The molecule has 0 saturated heterocycles. The van der Waals surface area contributed by atoms with Crippen LogP contribution in [-0.2, 0) is 4.79 Å². The van der Waals surface area contributed by atoms with E-state index in [0.717, 1.165) is 0 Å². The summed E-state index contributed by atoms with van der Waals surface area (Å²) in [6, 6.07) is 12.2. The Hall–Kier alpha value is -1.23. The molecule has 0 aliphatic rings. The molecular formula is C18H17BrCl2O3. The van der Waals surface area contributed by atoms with Crippen LogP contribution in [0.15, 0.2) is 42.5 Å². The molecule has 2 rings (SSSR count). The van der Waals surface area contributed by atoms with Gasteiger partial charge in [0.1, 0.15) is 23.9 Å². The Labute approximate surface area is 160 Å². The fraction of sp³-hybridized carbons (Fsp3) is 0.278. The predicted molar refractivity (Wildman–Crippen MR) is 101 cm³/mol. The number of carbonyl (C=O) groups is 1. The Morgan fingerprint density at radius 2 is 1.71 bits per heavy atom. The summed E-state index contributed by atoms with van der Waals surface area (Å²) in [5, 5.41) is 1.36. The molecule has 0 heterocycles. The van der Waals surface area contributed by atoms with Crippen molar-refractivity contribution in [1.29, 1.82) is 0 Å². The number of ether oxygens (including phenoxy) is 2. The standard InChI is InChI=1S/C18H17BrCl2O3/c1-18(2,17(22)10-19)11-23-16-8-7-14(9-15(16)21)24-13-5-3-12(20)4-6-13/h3-9H,10-11H2,1-2H3. The number of alkyl halides is 1. The van der Waals surface area contributed by atoms with Gasteiger partial charge in [0.25, 0.3) is 0 Å². The highest BCUT2D eigenvalue weighted by Gasteiger charge is 2.27. The van der Waals surface area contributed by atoms with Gasteiger partial charge in [0, 0.05) is 11.1 Å². The maximum atomic E-state index is 11.8. The van der Waals surface area contributed by atoms with Crippen molar-refractivity contribution >= 4 is 44.9 Å². The van der Waals surface area contributed by atoms with Crippen LogP contribution >= 0.6 is 39.1 Å². The van der Waals surface area contributed by atoms with Gasteiger partial charge in [0.05, 0.1) is 15.8 Å². The number of benzene rings is 2. The third-order valence-corrected chi connectivity index (χ3v) is 4.47. The summed E-state index contributed by atoms with van der Waals surface area (Å²) in [6.07, 6.45) is 0. The van der Waals surface area contributed by atoms with Crippen molar-refractivity contribution in [2.45, 2.75) is 13.8 Å². The molecule has 0 aliphatic carbocycles. The van der Waals surface area contributed by atoms with Gasteiger partial charge in [-0.25, -0.2) is 0 Å². The number of Topliss-reactive ketones (excluding diaryl/α,β-unsaturated/α-hetero) is 1. The average Bonchev–Trinajstić information content (AvgIpc) is 2.55. The third-order valence-electron chi connectivity index (χ3n) is 3.42. The minimum Gasteiger partial charge on any atom is -0.491 e. The van der Waals surface area contributed by atoms with Crippen LogP contribution in [0.5, 0.6) is 17.2 Å². The maximum Gasteiger partial charge on any atom is 0.152 e. The lowest BCUT2D eigenvalue weighted by molar-refractivity contribution is -0.125. The summed E-state index contributed by atoms with van der Waals surface area (Å²) >= 11 is 15.3. The van der Waals surface area contributed by atoms with Crippen molar-refractivity contribution in [2.75, 3.05) is 11.9 Å². The molecule has 24 heavy (non-hydrogen) atoms. The van der Waals surface area contributed by atoms with E-state index in [4.69, 9.17) is 32.7 Å². The van der Waals surface area contributed by atoms with E-state index in [2.05, 4.69) is 15.9 Å². The number of ketones is 1. The van der Waals surface area contributed by atoms with E-state index in [1.54, 1.807) is 42.5 Å². The van der Waals surface area contributed by atoms with Crippen molar-refractivity contribution in [3.63, 3.8) is 0 Å². The second kappa shape index (κ2) is 8.24. The molecule has 2 aromatic rings. The molecule has 0 spiro atoms. The van der Waals surface area contributed by atoms with Crippen molar-refractivity contribution in [3.05, 3.63) is 52.5 Å². The van der Waals surface area contributed by atoms with Crippen LogP contribution in [-0.4, -0.2) is 17.7 Å². The molecule has 3 nitrogen and oxygen atoms in total. The van der Waals surface area contributed by atoms with Crippen LogP contribution in [0.25, 0.3) is 0 Å². The lowest BCUT2D eigenvalue weighted by Crippen LogP contribution is -2.32. The monoisotopic (exact) mass is 430 g/mol. The largest absolute Gasteiger partial charge is 0.491 e. The van der Waals surface area contributed by atoms with Gasteiger partial charge in [-0.3, -0.25) is 4.79 Å². The van der Waals surface area contributed by atoms with Crippen LogP contribution in [0.3, 0.4) is 0 Å². The Morgan fingerprint density at radius 1 is 1.08 bits per heavy atom. The number of hydrogen-bond acceptors (Lipinski definition) is 3. The zero-order valence-electron chi connectivity index (χ0n) is 13.3. The van der Waals surface area contributed by atoms with Crippen molar-refractivity contribution in [1.82, 2.24) is 0 Å². The first-order valence-electron chi connectivity index (χ1n) is 7.27. The van der Waals surface area contributed by atoms with Crippen molar-refractivity contribution in [3.8, 4) is 17.2 Å². The van der Waals surface area contributed by atoms with Gasteiger partial charge in [0.15, 0.2) is 5.78 Å². The molecule has 0 bridgehead atoms. The molecule has 0 saturated carbocycles. The second-order valence-electron chi connectivity index (χ2n) is 5.88. The fourth-order valence-electron chi connectivity index (χ4n) is 1.82. The summed E-state index contributed by atoms with van der Waals surface area (Å²) in [6.45, 7) is 3.92. The minimum absolute atomic E-state index is 0.0707. The van der Waals surface area contributed by atoms with Gasteiger partial charge in [0.2, 0.25) is 0 Å². The lowest BCUT2D eigenvalue weighted by Gasteiger charge is -2.22. The second-order valence-corrected chi connectivity index (χ2v) is 7.28. The number of rotatable bonds is 7. The van der Waals surface area contributed by atoms with Gasteiger partial charge in [-0.05, 0) is 50.2 Å². The molecule has 0 aromatic heterocycles. The Bertz CT molecular complexity index is 715. The Kier molecular flexibility index (Phi) is 6.55. The van der Waals surface area contributed by atoms with E-state index in [1.807, 2.05) is 13.8 Å². The molecule has 0 atom stereocenters. The molecular weight excluding hydrogens is 415 g/mol. The summed E-state index contributed by atoms with van der Waals surface area (Å²) in [7, 11) is 0. The highest BCUT2D eigenvalue weighted by atomic mass is 79.9. The average molecular weight is 432 g/mol. The number of hydrogen-bond donors (Lipinski definition) is 0. The SMILES string of the molecule is CC(C)(COc1ccc(Oc2ccc(Cl)cc2)cc1Cl)C(=O)CBr. The highest BCUT2D eigenvalue weighted by Crippen LogP contribution is 2.32. The van der Waals surface area contributed by atoms with Crippen LogP contribution in [0.4, 0.5) is 0 Å². The van der Waals surface area contributed by atoms with Gasteiger partial charge < -0.3 is 9.47 Å². The number of carbonyl (C=O) groups excluding carboxylic acids is 1. The van der Waals surface area contributed by atoms with Crippen molar-refractivity contribution in [2.24, 2.45) is 5.41 Å². The van der Waals surface area contributed by atoms with E-state index in [1.165, 1.54) is 0 Å². The Balaban J connectivity index is 2.04. The normalized spacial score (nSPS) is 11.2. The molecule has 128 valence electrons. The van der Waals surface area contributed by atoms with E-state index in [-0.39, 0.29) is 12.4 Å². The van der Waals surface area contributed by atoms with Crippen LogP contribution in [0.2, 0.25) is 10.0 Å². The molecule has 0 amide bonds. The number of halogens is 3. The molecule has 6 heteroatoms. The molecule has 0 N–H and O–H groups in total. The van der Waals surface area contributed by atoms with Gasteiger partial charge in [-0.2, -0.15) is 0 Å². The zero-order valence-corrected chi connectivity index (χ0v) is 16.4. The van der Waals surface area contributed by atoms with Crippen LogP contribution in [0, 0.1) is 5.41 Å². The van der Waals surface area contributed by atoms with Crippen LogP contribution < -0.4 is 9.47 Å². The lowest BCUT2D eigenvalue weighted by atomic mass is 9.90. The fourth-order valence-corrected chi connectivity index (χ4v) is 2.93. The topological polar surface area (TPSA) is 35.5 Å². The smallest absolute Gasteiger partial charge is 0.152 e. The zero-order chi connectivity index (χ0) is 17.7. The molecule has 0 fully saturated rings. The van der Waals surface area contributed by atoms with Gasteiger partial charge in [-0.15, -0.1) is 0 Å². The molecule has 0 radical (unpaired) electrons. The van der Waals surface area contributed by atoms with E-state index in [9.17, 15) is 4.79 Å². The summed E-state index contributed by atoms with van der Waals surface area (Å²) in [4.78, 5) is 11.8. The summed E-state index contributed by atoms with van der Waals surface area (Å²) in [5.74, 6) is 1.83. The Morgan fingerprint density at radius 3 is 2.29 bits per heavy atom. The third kappa shape index (κ3) is 5.13. The maximum absolute atomic E-state index is 11.8. The summed E-state index contributed by atoms with van der Waals surface area (Å²) < 4.78 is 11.4. The van der Waals surface area contributed by atoms with E-state index < -0.39 is 5.41 Å². The summed E-state index contributed by atoms with van der Waals surface area (Å²) in [5.41, 5.74) is -0.592. The molecule has 0 aliphatic heterocycles. The van der Waals surface area contributed by atoms with E-state index in [0.29, 0.717) is 32.6 Å². The van der Waals surface area contributed by atoms with E-state index >= 15 is 0 Å². The highest BCUT2D eigenvalue weighted by molar-refractivity contribution is 9.09. The minimum atomic E-state index is -0.592. The molecule has 0 unspecified atom stereocenters. The van der Waals surface area contributed by atoms with Gasteiger partial charge in [-0.1, -0.05) is 39.1 Å². The van der Waals surface area contributed by atoms with Crippen molar-refractivity contribution < 1.29 is 14.3 Å². The first-order valence-corrected chi connectivity index (χ1v) is 9.14. The molecule has 2 aromatic carbocycles.